The van der Waals surface area contributed by atoms with Crippen LogP contribution in [-0.2, 0) is 0 Å². The summed E-state index contributed by atoms with van der Waals surface area (Å²) in [6.45, 7) is 0. The summed E-state index contributed by atoms with van der Waals surface area (Å²) >= 11 is 0. The number of carboxylic acid groups (broad SMARTS) is 2. The first kappa shape index (κ1) is 12.1. The summed E-state index contributed by atoms with van der Waals surface area (Å²) in [6, 6.07) is 5.48. The molecule has 0 unspecified atom stereocenters. The topological polar surface area (TPSA) is 74.6 Å². The summed E-state index contributed by atoms with van der Waals surface area (Å²) in [5, 5.41) is 17.1. The van der Waals surface area contributed by atoms with Crippen molar-refractivity contribution in [1.82, 2.24) is 0 Å². The van der Waals surface area contributed by atoms with Crippen LogP contribution in [0.1, 0.15) is 20.7 Å². The molecule has 0 amide bonds. The third-order valence-corrected chi connectivity index (χ3v) is 1.39. The fourth-order valence-electron chi connectivity index (χ4n) is 0.856. The van der Waals surface area contributed by atoms with Gasteiger partial charge in [-0.15, -0.1) is 0 Å². The van der Waals surface area contributed by atoms with Crippen molar-refractivity contribution in [3.63, 3.8) is 0 Å². The Morgan fingerprint density at radius 3 is 1.46 bits per heavy atom. The maximum Gasteiger partial charge on any atom is 0.336 e. The van der Waals surface area contributed by atoms with Crippen LogP contribution in [0.3, 0.4) is 0 Å². The van der Waals surface area contributed by atoms with Gasteiger partial charge < -0.3 is 10.2 Å². The molecular weight excluding hydrogens is 367 g/mol. The molecule has 1 rings (SSSR count). The Morgan fingerprint density at radius 1 is 0.923 bits per heavy atom. The van der Waals surface area contributed by atoms with E-state index in [1.165, 1.54) is 24.3 Å². The van der Waals surface area contributed by atoms with E-state index in [0.29, 0.717) is 0 Å². The third kappa shape index (κ3) is 2.80. The molecule has 0 saturated carbocycles. The Labute approximate surface area is 94.4 Å². The first-order valence-corrected chi connectivity index (χ1v) is 3.18. The number of rotatable bonds is 2. The number of carboxylic acids is 2. The van der Waals surface area contributed by atoms with Crippen LogP contribution < -0.4 is 0 Å². The molecule has 0 aliphatic carbocycles. The van der Waals surface area contributed by atoms with Crippen LogP contribution in [0, 0.1) is 0 Å². The fourth-order valence-corrected chi connectivity index (χ4v) is 0.856. The van der Waals surface area contributed by atoms with Gasteiger partial charge in [0.15, 0.2) is 0 Å². The third-order valence-electron chi connectivity index (χ3n) is 1.39. The SMILES string of the molecule is O=C(O)c1ccccc1C(=O)O.[Pb]. The molecule has 0 bridgehead atoms. The quantitative estimate of drug-likeness (QED) is 0.749. The first-order chi connectivity index (χ1) is 5.63. The van der Waals surface area contributed by atoms with Crippen LogP contribution in [0.5, 0.6) is 0 Å². The van der Waals surface area contributed by atoms with Crippen molar-refractivity contribution in [3.05, 3.63) is 35.4 Å². The zero-order valence-corrected chi connectivity index (χ0v) is 10.4. The van der Waals surface area contributed by atoms with E-state index in [-0.39, 0.29) is 38.4 Å². The molecule has 4 nitrogen and oxygen atoms in total. The molecule has 0 aliphatic heterocycles. The second-order valence-electron chi connectivity index (χ2n) is 2.16. The second kappa shape index (κ2) is 4.95. The van der Waals surface area contributed by atoms with Crippen molar-refractivity contribution in [1.29, 1.82) is 0 Å². The first-order valence-electron chi connectivity index (χ1n) is 3.18. The minimum atomic E-state index is -1.23. The summed E-state index contributed by atoms with van der Waals surface area (Å²) in [4.78, 5) is 20.9. The summed E-state index contributed by atoms with van der Waals surface area (Å²) in [6.07, 6.45) is 0. The molecule has 0 saturated heterocycles. The maximum atomic E-state index is 10.5. The number of carbonyl (C=O) groups is 2. The predicted octanol–water partition coefficient (Wildman–Crippen LogP) is 0.702. The monoisotopic (exact) mass is 374 g/mol. The molecule has 0 aromatic heterocycles. The molecule has 4 radical (unpaired) electrons. The van der Waals surface area contributed by atoms with Gasteiger partial charge >= 0.3 is 11.9 Å². The number of benzene rings is 1. The number of hydrogen-bond acceptors (Lipinski definition) is 2. The van der Waals surface area contributed by atoms with Crippen molar-refractivity contribution < 1.29 is 19.8 Å². The zero-order valence-electron chi connectivity index (χ0n) is 6.52. The summed E-state index contributed by atoms with van der Waals surface area (Å²) in [5.41, 5.74) is -0.380. The number of hydrogen-bond donors (Lipinski definition) is 2. The van der Waals surface area contributed by atoms with Gasteiger partial charge in [0.05, 0.1) is 11.1 Å². The molecule has 13 heavy (non-hydrogen) atoms. The summed E-state index contributed by atoms with van der Waals surface area (Å²) in [7, 11) is 0. The largest absolute Gasteiger partial charge is 0.478 e. The number of aromatic carboxylic acids is 2. The van der Waals surface area contributed by atoms with E-state index in [4.69, 9.17) is 10.2 Å². The van der Waals surface area contributed by atoms with Gasteiger partial charge in [0.2, 0.25) is 0 Å². The van der Waals surface area contributed by atoms with Gasteiger partial charge in [-0.2, -0.15) is 0 Å². The van der Waals surface area contributed by atoms with E-state index in [1.807, 2.05) is 0 Å². The normalized spacial score (nSPS) is 8.62. The Bertz CT molecular complexity index is 302. The Hall–Kier alpha value is -0.918. The molecule has 0 spiro atoms. The van der Waals surface area contributed by atoms with Gasteiger partial charge in [0.25, 0.3) is 0 Å². The van der Waals surface area contributed by atoms with Crippen molar-refractivity contribution in [2.45, 2.75) is 0 Å². The minimum absolute atomic E-state index is 0. The van der Waals surface area contributed by atoms with E-state index in [0.717, 1.165) is 0 Å². The summed E-state index contributed by atoms with van der Waals surface area (Å²) < 4.78 is 0. The van der Waals surface area contributed by atoms with Crippen molar-refractivity contribution >= 4 is 39.2 Å². The van der Waals surface area contributed by atoms with Crippen molar-refractivity contribution in [2.75, 3.05) is 0 Å². The molecule has 0 heterocycles. The van der Waals surface area contributed by atoms with Gasteiger partial charge in [0.1, 0.15) is 0 Å². The zero-order chi connectivity index (χ0) is 9.14. The van der Waals surface area contributed by atoms with E-state index in [1.54, 1.807) is 0 Å². The maximum absolute atomic E-state index is 10.5. The molecule has 2 N–H and O–H groups in total. The van der Waals surface area contributed by atoms with Gasteiger partial charge in [-0.3, -0.25) is 0 Å². The average Bonchev–Trinajstić information content (AvgIpc) is 2.04. The second-order valence-corrected chi connectivity index (χ2v) is 2.16. The average molecular weight is 373 g/mol. The Kier molecular flexibility index (Phi) is 4.60. The van der Waals surface area contributed by atoms with Crippen LogP contribution in [0.25, 0.3) is 0 Å². The van der Waals surface area contributed by atoms with E-state index < -0.39 is 11.9 Å². The van der Waals surface area contributed by atoms with Crippen molar-refractivity contribution in [3.8, 4) is 0 Å². The van der Waals surface area contributed by atoms with Crippen LogP contribution in [-0.4, -0.2) is 49.5 Å². The summed E-state index contributed by atoms with van der Waals surface area (Å²) in [5.74, 6) is -2.46. The van der Waals surface area contributed by atoms with Gasteiger partial charge in [-0.25, -0.2) is 9.59 Å². The van der Waals surface area contributed by atoms with Crippen LogP contribution in [0.15, 0.2) is 24.3 Å². The predicted molar refractivity (Wildman–Crippen MR) is 46.1 cm³/mol. The molecule has 0 aliphatic rings. The molecule has 1 aromatic carbocycles. The van der Waals surface area contributed by atoms with Gasteiger partial charge in [-0.1, -0.05) is 12.1 Å². The molecule has 0 atom stereocenters. The van der Waals surface area contributed by atoms with E-state index >= 15 is 0 Å². The van der Waals surface area contributed by atoms with Crippen molar-refractivity contribution in [2.24, 2.45) is 0 Å². The smallest absolute Gasteiger partial charge is 0.336 e. The molecule has 66 valence electrons. The Balaban J connectivity index is 0.00000144. The standard InChI is InChI=1S/C8H6O4.Pb/c9-7(10)5-3-1-2-4-6(5)8(11)12;/h1-4H,(H,9,10)(H,11,12);. The molecular formula is C8H6O4Pb. The van der Waals surface area contributed by atoms with Crippen LogP contribution in [0.2, 0.25) is 0 Å². The van der Waals surface area contributed by atoms with Crippen LogP contribution >= 0.6 is 0 Å². The van der Waals surface area contributed by atoms with Gasteiger partial charge in [0, 0.05) is 27.3 Å². The fraction of sp³-hybridized carbons (Fsp3) is 0. The minimum Gasteiger partial charge on any atom is -0.478 e. The molecule has 1 aromatic rings. The Morgan fingerprint density at radius 2 is 1.23 bits per heavy atom. The van der Waals surface area contributed by atoms with E-state index in [9.17, 15) is 9.59 Å². The van der Waals surface area contributed by atoms with Crippen LogP contribution in [0.4, 0.5) is 0 Å². The molecule has 5 heteroatoms. The van der Waals surface area contributed by atoms with E-state index in [2.05, 4.69) is 0 Å². The van der Waals surface area contributed by atoms with Gasteiger partial charge in [-0.05, 0) is 12.1 Å². The molecule has 0 fully saturated rings.